The molecule has 2 nitrogen and oxygen atoms in total. The molecule has 4 heteroatoms. The number of benzene rings is 6. The highest BCUT2D eigenvalue weighted by molar-refractivity contribution is 8.22. The SMILES string of the molecule is CCNc1ccc2ccccc2c1-c1c(NP(=S)(c2ccccc2)c2ccccc2)ccc2ccccc12. The molecule has 2 N–H and O–H groups in total. The Morgan fingerprint density at radius 2 is 0.974 bits per heavy atom. The fourth-order valence-corrected chi connectivity index (χ4v) is 8.53. The zero-order valence-electron chi connectivity index (χ0n) is 21.3. The predicted octanol–water partition coefficient (Wildman–Crippen LogP) is 8.55. The Kier molecular flexibility index (Phi) is 6.72. The summed E-state index contributed by atoms with van der Waals surface area (Å²) in [5.41, 5.74) is 4.55. The molecule has 6 rings (SSSR count). The van der Waals surface area contributed by atoms with Crippen molar-refractivity contribution in [2.45, 2.75) is 6.92 Å². The van der Waals surface area contributed by atoms with Crippen molar-refractivity contribution in [3.8, 4) is 11.1 Å². The highest BCUT2D eigenvalue weighted by Crippen LogP contribution is 2.50. The molecule has 0 atom stereocenters. The molecule has 0 aliphatic heterocycles. The molecule has 0 amide bonds. The van der Waals surface area contributed by atoms with E-state index in [1.54, 1.807) is 0 Å². The summed E-state index contributed by atoms with van der Waals surface area (Å²) in [6.07, 6.45) is -2.40. The Morgan fingerprint density at radius 3 is 1.50 bits per heavy atom. The van der Waals surface area contributed by atoms with Crippen LogP contribution in [0.5, 0.6) is 0 Å². The Morgan fingerprint density at radius 1 is 0.526 bits per heavy atom. The smallest absolute Gasteiger partial charge is 0.0903 e. The Bertz CT molecular complexity index is 1740. The lowest BCUT2D eigenvalue weighted by molar-refractivity contribution is 1.22. The van der Waals surface area contributed by atoms with Crippen molar-refractivity contribution >= 4 is 61.5 Å². The minimum Gasteiger partial charge on any atom is -0.385 e. The fraction of sp³-hybridized carbons (Fsp3) is 0.0588. The van der Waals surface area contributed by atoms with Gasteiger partial charge in [-0.25, -0.2) is 0 Å². The van der Waals surface area contributed by atoms with E-state index in [-0.39, 0.29) is 0 Å². The molecule has 0 fully saturated rings. The van der Waals surface area contributed by atoms with Gasteiger partial charge in [-0.05, 0) is 40.6 Å². The zero-order chi connectivity index (χ0) is 26.0. The van der Waals surface area contributed by atoms with Crippen LogP contribution >= 0.6 is 6.19 Å². The highest BCUT2D eigenvalue weighted by atomic mass is 32.4. The zero-order valence-corrected chi connectivity index (χ0v) is 23.0. The van der Waals surface area contributed by atoms with Gasteiger partial charge in [0.1, 0.15) is 0 Å². The summed E-state index contributed by atoms with van der Waals surface area (Å²) in [6, 6.07) is 47.1. The summed E-state index contributed by atoms with van der Waals surface area (Å²) in [6.45, 7) is 2.98. The number of fused-ring (bicyclic) bond motifs is 2. The lowest BCUT2D eigenvalue weighted by atomic mass is 9.91. The third-order valence-electron chi connectivity index (χ3n) is 6.99. The fourth-order valence-electron chi connectivity index (χ4n) is 5.24. The van der Waals surface area contributed by atoms with E-state index in [9.17, 15) is 0 Å². The largest absolute Gasteiger partial charge is 0.385 e. The van der Waals surface area contributed by atoms with Crippen molar-refractivity contribution in [2.24, 2.45) is 0 Å². The summed E-state index contributed by atoms with van der Waals surface area (Å²) in [4.78, 5) is 0. The van der Waals surface area contributed by atoms with Gasteiger partial charge in [0.05, 0.1) is 6.19 Å². The average Bonchev–Trinajstić information content (AvgIpc) is 2.98. The van der Waals surface area contributed by atoms with Gasteiger partial charge in [0.25, 0.3) is 0 Å². The minimum absolute atomic E-state index is 0.838. The van der Waals surface area contributed by atoms with Crippen LogP contribution in [0.25, 0.3) is 32.7 Å². The molecule has 38 heavy (non-hydrogen) atoms. The van der Waals surface area contributed by atoms with Crippen LogP contribution in [0.2, 0.25) is 0 Å². The van der Waals surface area contributed by atoms with Gasteiger partial charge in [0.15, 0.2) is 0 Å². The molecule has 0 radical (unpaired) electrons. The van der Waals surface area contributed by atoms with Crippen molar-refractivity contribution in [2.75, 3.05) is 16.9 Å². The van der Waals surface area contributed by atoms with Crippen LogP contribution in [0, 0.1) is 0 Å². The molecule has 0 aliphatic carbocycles. The Labute approximate surface area is 229 Å². The standard InChI is InChI=1S/C34H29N2PS/c1-2-35-31-23-21-25-13-9-11-19-29(25)33(31)34-30-20-12-10-14-26(30)22-24-32(34)36-37(38,27-15-5-3-6-16-27)28-17-7-4-8-18-28/h3-24,35H,2H2,1H3,(H,36,38). The van der Waals surface area contributed by atoms with E-state index in [0.717, 1.165) is 28.5 Å². The first-order chi connectivity index (χ1) is 18.7. The molecule has 6 aromatic rings. The van der Waals surface area contributed by atoms with E-state index in [0.29, 0.717) is 0 Å². The molecule has 0 aliphatic rings. The maximum atomic E-state index is 6.61. The number of hydrogen-bond donors (Lipinski definition) is 2. The topological polar surface area (TPSA) is 24.1 Å². The lowest BCUT2D eigenvalue weighted by Gasteiger charge is -2.28. The van der Waals surface area contributed by atoms with Crippen molar-refractivity contribution in [3.05, 3.63) is 133 Å². The van der Waals surface area contributed by atoms with Crippen molar-refractivity contribution in [1.29, 1.82) is 0 Å². The van der Waals surface area contributed by atoms with Gasteiger partial charge < -0.3 is 10.4 Å². The molecule has 0 saturated carbocycles. The van der Waals surface area contributed by atoms with Crippen molar-refractivity contribution in [3.63, 3.8) is 0 Å². The van der Waals surface area contributed by atoms with Crippen LogP contribution in [0.1, 0.15) is 6.92 Å². The quantitative estimate of drug-likeness (QED) is 0.203. The summed E-state index contributed by atoms with van der Waals surface area (Å²) >= 11 is 6.61. The highest BCUT2D eigenvalue weighted by Gasteiger charge is 2.25. The van der Waals surface area contributed by atoms with E-state index >= 15 is 0 Å². The van der Waals surface area contributed by atoms with E-state index in [2.05, 4.69) is 151 Å². The van der Waals surface area contributed by atoms with E-state index in [1.807, 2.05) is 0 Å². The second-order valence-electron chi connectivity index (χ2n) is 9.34. The monoisotopic (exact) mass is 528 g/mol. The molecule has 6 aromatic carbocycles. The normalized spacial score (nSPS) is 11.5. The van der Waals surface area contributed by atoms with Gasteiger partial charge in [-0.2, -0.15) is 0 Å². The molecule has 0 unspecified atom stereocenters. The maximum absolute atomic E-state index is 6.61. The van der Waals surface area contributed by atoms with Crippen LogP contribution in [-0.2, 0) is 11.8 Å². The first-order valence-electron chi connectivity index (χ1n) is 13.0. The van der Waals surface area contributed by atoms with Gasteiger partial charge in [-0.15, -0.1) is 0 Å². The molecular weight excluding hydrogens is 499 g/mol. The van der Waals surface area contributed by atoms with Crippen molar-refractivity contribution in [1.82, 2.24) is 0 Å². The van der Waals surface area contributed by atoms with E-state index in [4.69, 9.17) is 11.8 Å². The summed E-state index contributed by atoms with van der Waals surface area (Å²) in [5.74, 6) is 0. The van der Waals surface area contributed by atoms with Gasteiger partial charge in [0, 0.05) is 39.7 Å². The van der Waals surface area contributed by atoms with Crippen molar-refractivity contribution < 1.29 is 0 Å². The Balaban J connectivity index is 1.67. The van der Waals surface area contributed by atoms with Crippen LogP contribution in [0.15, 0.2) is 133 Å². The first kappa shape index (κ1) is 24.4. The van der Waals surface area contributed by atoms with Crippen LogP contribution in [0.3, 0.4) is 0 Å². The van der Waals surface area contributed by atoms with Crippen LogP contribution in [-0.4, -0.2) is 6.54 Å². The van der Waals surface area contributed by atoms with Crippen LogP contribution in [0.4, 0.5) is 11.4 Å². The molecule has 0 heterocycles. The lowest BCUT2D eigenvalue weighted by Crippen LogP contribution is -2.21. The third kappa shape index (κ3) is 4.39. The molecule has 186 valence electrons. The summed E-state index contributed by atoms with van der Waals surface area (Å²) < 4.78 is 0. The van der Waals surface area contributed by atoms with E-state index < -0.39 is 6.19 Å². The molecule has 0 saturated heterocycles. The van der Waals surface area contributed by atoms with Crippen LogP contribution < -0.4 is 21.0 Å². The first-order valence-corrected chi connectivity index (χ1v) is 15.8. The van der Waals surface area contributed by atoms with Gasteiger partial charge >= 0.3 is 0 Å². The van der Waals surface area contributed by atoms with Gasteiger partial charge in [-0.1, -0.05) is 133 Å². The van der Waals surface area contributed by atoms with E-state index in [1.165, 1.54) is 32.7 Å². The third-order valence-corrected chi connectivity index (χ3v) is 11.1. The molecule has 0 bridgehead atoms. The Hall–Kier alpha value is -3.91. The summed E-state index contributed by atoms with van der Waals surface area (Å²) in [5, 5.41) is 14.8. The molecular formula is C34H29N2PS. The predicted molar refractivity (Wildman–Crippen MR) is 171 cm³/mol. The number of rotatable bonds is 7. The number of nitrogens with one attached hydrogen (secondary N) is 2. The molecule has 0 aromatic heterocycles. The second-order valence-corrected chi connectivity index (χ2v) is 13.5. The second kappa shape index (κ2) is 10.5. The van der Waals surface area contributed by atoms with Gasteiger partial charge in [-0.3, -0.25) is 0 Å². The summed E-state index contributed by atoms with van der Waals surface area (Å²) in [7, 11) is 0. The maximum Gasteiger partial charge on any atom is 0.0903 e. The minimum atomic E-state index is -2.40. The number of hydrogen-bond acceptors (Lipinski definition) is 2. The molecule has 0 spiro atoms. The van der Waals surface area contributed by atoms with Gasteiger partial charge in [0.2, 0.25) is 0 Å². The number of anilines is 2. The average molecular weight is 529 g/mol.